The maximum absolute atomic E-state index is 5.25. The van der Waals surface area contributed by atoms with Crippen molar-refractivity contribution in [1.29, 1.82) is 0 Å². The predicted octanol–water partition coefficient (Wildman–Crippen LogP) is -0.310. The Kier molecular flexibility index (Phi) is 1.86. The monoisotopic (exact) mass is 143 g/mol. The van der Waals surface area contributed by atoms with Crippen LogP contribution in [0.4, 0.5) is 0 Å². The molecule has 0 aliphatic carbocycles. The maximum Gasteiger partial charge on any atom is 0.261 e. The van der Waals surface area contributed by atoms with E-state index in [1.807, 2.05) is 0 Å². The van der Waals surface area contributed by atoms with Crippen molar-refractivity contribution in [2.45, 2.75) is 6.42 Å². The van der Waals surface area contributed by atoms with E-state index in [-0.39, 0.29) is 0 Å². The van der Waals surface area contributed by atoms with Gasteiger partial charge in [-0.1, -0.05) is 0 Å². The summed E-state index contributed by atoms with van der Waals surface area (Å²) in [6.45, 7) is 3.42. The molecule has 1 radical (unpaired) electrons. The summed E-state index contributed by atoms with van der Waals surface area (Å²) < 4.78 is 5.24. The van der Waals surface area contributed by atoms with Crippen LogP contribution in [-0.2, 0) is 9.57 Å². The van der Waals surface area contributed by atoms with Crippen molar-refractivity contribution in [2.24, 2.45) is 0 Å². The highest BCUT2D eigenvalue weighted by Crippen LogP contribution is 2.16. The fourth-order valence-corrected chi connectivity index (χ4v) is 1.12. The van der Waals surface area contributed by atoms with Crippen molar-refractivity contribution in [3.8, 4) is 0 Å². The van der Waals surface area contributed by atoms with Gasteiger partial charge in [0.15, 0.2) is 0 Å². The fourth-order valence-electron chi connectivity index (χ4n) is 1.12. The van der Waals surface area contributed by atoms with Crippen molar-refractivity contribution in [2.75, 3.05) is 26.3 Å². The summed E-state index contributed by atoms with van der Waals surface area (Å²) in [5.41, 5.74) is 0. The quantitative estimate of drug-likeness (QED) is 0.546. The van der Waals surface area contributed by atoms with Gasteiger partial charge < -0.3 is 4.74 Å². The zero-order chi connectivity index (χ0) is 6.81. The highest BCUT2D eigenvalue weighted by molar-refractivity contribution is 4.78. The largest absolute Gasteiger partial charge is 0.339 e. The van der Waals surface area contributed by atoms with E-state index in [1.165, 1.54) is 0 Å². The molecule has 4 nitrogen and oxygen atoms in total. The van der Waals surface area contributed by atoms with Crippen molar-refractivity contribution in [3.63, 3.8) is 0 Å². The first kappa shape index (κ1) is 6.54. The van der Waals surface area contributed by atoms with Gasteiger partial charge in [-0.15, -0.1) is 5.06 Å². The van der Waals surface area contributed by atoms with Crippen LogP contribution in [0.5, 0.6) is 0 Å². The molecule has 0 aromatic carbocycles. The molecule has 2 fully saturated rings. The zero-order valence-electron chi connectivity index (χ0n) is 5.80. The van der Waals surface area contributed by atoms with Gasteiger partial charge in [0.2, 0.25) is 0 Å². The molecule has 0 unspecified atom stereocenters. The highest BCUT2D eigenvalue weighted by atomic mass is 16.7. The van der Waals surface area contributed by atoms with Crippen LogP contribution in [-0.4, -0.2) is 31.4 Å². The Bertz CT molecular complexity index is 94.3. The van der Waals surface area contributed by atoms with Crippen molar-refractivity contribution >= 4 is 0 Å². The fraction of sp³-hybridized carbons (Fsp3) is 0.833. The van der Waals surface area contributed by atoms with Gasteiger partial charge in [-0.05, 0) is 6.42 Å². The van der Waals surface area contributed by atoms with Crippen LogP contribution in [0.25, 0.3) is 0 Å². The van der Waals surface area contributed by atoms with E-state index in [2.05, 4.69) is 5.32 Å². The SMILES string of the molecule is C1CON([C]2NCCO2)C1. The molecule has 0 amide bonds. The molecule has 2 aliphatic heterocycles. The van der Waals surface area contributed by atoms with Crippen LogP contribution in [0, 0.1) is 6.35 Å². The minimum absolute atomic E-state index is 0.759. The average molecular weight is 143 g/mol. The van der Waals surface area contributed by atoms with Crippen LogP contribution in [0.15, 0.2) is 0 Å². The van der Waals surface area contributed by atoms with Gasteiger partial charge >= 0.3 is 0 Å². The molecule has 57 valence electrons. The molecule has 2 heterocycles. The zero-order valence-corrected chi connectivity index (χ0v) is 5.80. The summed E-state index contributed by atoms with van der Waals surface area (Å²) in [5.74, 6) is 0. The van der Waals surface area contributed by atoms with Gasteiger partial charge in [0.25, 0.3) is 6.35 Å². The van der Waals surface area contributed by atoms with E-state index >= 15 is 0 Å². The van der Waals surface area contributed by atoms with E-state index in [4.69, 9.17) is 9.57 Å². The minimum Gasteiger partial charge on any atom is -0.339 e. The lowest BCUT2D eigenvalue weighted by atomic mass is 10.5. The Hall–Kier alpha value is -0.160. The third kappa shape index (κ3) is 1.15. The molecular formula is C6H11N2O2. The molecule has 0 saturated carbocycles. The number of nitrogens with one attached hydrogen (secondary N) is 1. The number of hydrogen-bond acceptors (Lipinski definition) is 4. The molecule has 0 spiro atoms. The average Bonchev–Trinajstić information content (AvgIpc) is 2.59. The van der Waals surface area contributed by atoms with Gasteiger partial charge in [-0.2, -0.15) is 0 Å². The third-order valence-corrected chi connectivity index (χ3v) is 1.60. The summed E-state index contributed by atoms with van der Waals surface area (Å²) in [5, 5.41) is 4.88. The standard InChI is InChI=1S/C6H11N2O2/c1-3-8(10-4-1)6-7-2-5-9-6/h7H,1-5H2. The number of hydrogen-bond donors (Lipinski definition) is 1. The van der Waals surface area contributed by atoms with E-state index in [0.717, 1.165) is 39.1 Å². The first-order chi connectivity index (χ1) is 4.97. The number of rotatable bonds is 1. The number of hydroxylamine groups is 2. The molecule has 0 atom stereocenters. The summed E-state index contributed by atoms with van der Waals surface area (Å²) in [6, 6.07) is 0. The lowest BCUT2D eigenvalue weighted by molar-refractivity contribution is -0.156. The molecule has 10 heavy (non-hydrogen) atoms. The van der Waals surface area contributed by atoms with E-state index < -0.39 is 0 Å². The second-order valence-corrected chi connectivity index (χ2v) is 2.37. The van der Waals surface area contributed by atoms with Crippen LogP contribution in [0.1, 0.15) is 6.42 Å². The summed E-state index contributed by atoms with van der Waals surface area (Å²) >= 11 is 0. The minimum atomic E-state index is 0.759. The molecule has 2 aliphatic rings. The van der Waals surface area contributed by atoms with Crippen molar-refractivity contribution < 1.29 is 9.57 Å². The van der Waals surface area contributed by atoms with Gasteiger partial charge in [0.05, 0.1) is 13.2 Å². The summed E-state index contributed by atoms with van der Waals surface area (Å²) in [6.07, 6.45) is 1.88. The van der Waals surface area contributed by atoms with Crippen LogP contribution < -0.4 is 5.32 Å². The molecule has 4 heteroatoms. The summed E-state index contributed by atoms with van der Waals surface area (Å²) in [7, 11) is 0. The summed E-state index contributed by atoms with van der Waals surface area (Å²) in [4.78, 5) is 5.25. The molecule has 0 aromatic rings. The second-order valence-electron chi connectivity index (χ2n) is 2.37. The molecule has 2 saturated heterocycles. The molecular weight excluding hydrogens is 132 g/mol. The van der Waals surface area contributed by atoms with Gasteiger partial charge in [0.1, 0.15) is 0 Å². The maximum atomic E-state index is 5.25. The van der Waals surface area contributed by atoms with Gasteiger partial charge in [0, 0.05) is 13.1 Å². The van der Waals surface area contributed by atoms with Crippen LogP contribution >= 0.6 is 0 Å². The van der Waals surface area contributed by atoms with Gasteiger partial charge in [-0.3, -0.25) is 10.2 Å². The second kappa shape index (κ2) is 2.84. The van der Waals surface area contributed by atoms with Gasteiger partial charge in [-0.25, -0.2) is 0 Å². The predicted molar refractivity (Wildman–Crippen MR) is 34.5 cm³/mol. The van der Waals surface area contributed by atoms with E-state index in [9.17, 15) is 0 Å². The Balaban J connectivity index is 1.85. The van der Waals surface area contributed by atoms with E-state index in [1.54, 1.807) is 5.06 Å². The molecule has 2 rings (SSSR count). The third-order valence-electron chi connectivity index (χ3n) is 1.60. The first-order valence-corrected chi connectivity index (χ1v) is 3.61. The first-order valence-electron chi connectivity index (χ1n) is 3.61. The molecule has 0 bridgehead atoms. The Morgan fingerprint density at radius 3 is 3.00 bits per heavy atom. The number of nitrogens with zero attached hydrogens (tertiary/aromatic N) is 1. The normalized spacial score (nSPS) is 30.0. The van der Waals surface area contributed by atoms with Crippen LogP contribution in [0.3, 0.4) is 0 Å². The lowest BCUT2D eigenvalue weighted by Crippen LogP contribution is -2.32. The van der Waals surface area contributed by atoms with Crippen LogP contribution in [0.2, 0.25) is 0 Å². The Labute approximate surface area is 60.0 Å². The smallest absolute Gasteiger partial charge is 0.261 e. The highest BCUT2D eigenvalue weighted by Gasteiger charge is 2.28. The Morgan fingerprint density at radius 2 is 2.40 bits per heavy atom. The van der Waals surface area contributed by atoms with Crippen molar-refractivity contribution in [3.05, 3.63) is 6.35 Å². The lowest BCUT2D eigenvalue weighted by Gasteiger charge is -2.17. The topological polar surface area (TPSA) is 33.7 Å². The number of ether oxygens (including phenoxy) is 1. The molecule has 0 aromatic heterocycles. The van der Waals surface area contributed by atoms with Crippen molar-refractivity contribution in [1.82, 2.24) is 10.4 Å². The molecule has 1 N–H and O–H groups in total. The van der Waals surface area contributed by atoms with E-state index in [0.29, 0.717) is 0 Å². The Morgan fingerprint density at radius 1 is 1.40 bits per heavy atom.